The molecule has 0 aromatic heterocycles. The highest BCUT2D eigenvalue weighted by atomic mass is 14.7. The molecule has 1 aliphatic carbocycles. The van der Waals surface area contributed by atoms with Gasteiger partial charge in [0, 0.05) is 17.8 Å². The SMILES string of the molecule is C=C\C=C/C(C)=C(C)/C=C/CCC(=C)C(=C)CCC(=C)C/N=C(\C=C\C/C=C\C=C(/C)C(=C)C(/C=C\C=C/C)C(C)C)/C=C/C1C=CC=CC1c1ccccc1. The summed E-state index contributed by atoms with van der Waals surface area (Å²) in [6.45, 7) is 34.7. The Morgan fingerprint density at radius 2 is 1.48 bits per heavy atom. The molecule has 56 heavy (non-hydrogen) atoms. The summed E-state index contributed by atoms with van der Waals surface area (Å²) < 4.78 is 0. The standard InChI is InChI=1S/C55H69N/c1-12-14-19-36-54(43(3)4)50(11)49(10)31-20-16-17-23-35-53(41-40-52-34-26-27-37-55(52)51-32-21-18-22-33-51)56-42-44(5)38-39-48(9)47(8)30-25-24-29-46(7)45(6)28-15-13-2/h12-16,18-24,26-29,31-37,40-41,43,52,54-55H,2,5,8-9,11,17,25,30,38-39,42H2,1,3-4,6-7,10H3/b14-12-,20-16-,28-15-,29-24+,35-23+,36-19-,41-40+,46-45+,49-31+,56-53+. The van der Waals surface area contributed by atoms with Crippen molar-refractivity contribution in [2.75, 3.05) is 6.54 Å². The van der Waals surface area contributed by atoms with Crippen LogP contribution >= 0.6 is 0 Å². The smallest absolute Gasteiger partial charge is 0.0604 e. The van der Waals surface area contributed by atoms with E-state index < -0.39 is 0 Å². The van der Waals surface area contributed by atoms with Crippen molar-refractivity contribution in [1.82, 2.24) is 0 Å². The zero-order valence-electron chi connectivity index (χ0n) is 35.5. The van der Waals surface area contributed by atoms with Gasteiger partial charge in [-0.05, 0) is 106 Å². The topological polar surface area (TPSA) is 12.4 Å². The van der Waals surface area contributed by atoms with Gasteiger partial charge in [-0.25, -0.2) is 0 Å². The summed E-state index contributed by atoms with van der Waals surface area (Å²) in [5, 5.41) is 0. The zero-order chi connectivity index (χ0) is 41.1. The summed E-state index contributed by atoms with van der Waals surface area (Å²) in [5.74, 6) is 1.32. The lowest BCUT2D eigenvalue weighted by molar-refractivity contribution is 0.531. The van der Waals surface area contributed by atoms with Crippen molar-refractivity contribution in [1.29, 1.82) is 0 Å². The number of nitrogens with zero attached hydrogens (tertiary/aromatic N) is 1. The molecule has 0 fully saturated rings. The molecule has 0 N–H and O–H groups in total. The van der Waals surface area contributed by atoms with Crippen molar-refractivity contribution in [2.24, 2.45) is 22.7 Å². The maximum Gasteiger partial charge on any atom is 0.0604 e. The van der Waals surface area contributed by atoms with Crippen LogP contribution in [0.2, 0.25) is 0 Å². The molecule has 0 heterocycles. The van der Waals surface area contributed by atoms with Crippen LogP contribution in [0.3, 0.4) is 0 Å². The fourth-order valence-corrected chi connectivity index (χ4v) is 6.11. The van der Waals surface area contributed by atoms with Crippen LogP contribution in [0.5, 0.6) is 0 Å². The molecule has 0 saturated heterocycles. The van der Waals surface area contributed by atoms with Crippen molar-refractivity contribution in [3.05, 3.63) is 229 Å². The van der Waals surface area contributed by atoms with Gasteiger partial charge in [-0.15, -0.1) is 0 Å². The van der Waals surface area contributed by atoms with E-state index in [9.17, 15) is 0 Å². The molecule has 294 valence electrons. The molecule has 0 saturated carbocycles. The van der Waals surface area contributed by atoms with Crippen LogP contribution in [0.25, 0.3) is 0 Å². The van der Waals surface area contributed by atoms with E-state index in [0.29, 0.717) is 18.4 Å². The summed E-state index contributed by atoms with van der Waals surface area (Å²) in [7, 11) is 0. The Kier molecular flexibility index (Phi) is 22.9. The Balaban J connectivity index is 2.10. The monoisotopic (exact) mass is 744 g/mol. The lowest BCUT2D eigenvalue weighted by atomic mass is 9.82. The van der Waals surface area contributed by atoms with E-state index in [4.69, 9.17) is 4.99 Å². The van der Waals surface area contributed by atoms with Crippen LogP contribution in [-0.2, 0) is 0 Å². The normalized spacial score (nSPS) is 17.8. The summed E-state index contributed by atoms with van der Waals surface area (Å²) in [5.41, 5.74) is 10.4. The Labute approximate surface area is 342 Å². The Morgan fingerprint density at radius 1 is 0.768 bits per heavy atom. The average molecular weight is 744 g/mol. The van der Waals surface area contributed by atoms with Crippen LogP contribution < -0.4 is 0 Å². The van der Waals surface area contributed by atoms with Crippen LogP contribution in [-0.4, -0.2) is 12.3 Å². The maximum atomic E-state index is 5.04. The molecule has 1 aliphatic rings. The second-order valence-electron chi connectivity index (χ2n) is 14.9. The highest BCUT2D eigenvalue weighted by molar-refractivity contribution is 6.04. The van der Waals surface area contributed by atoms with Gasteiger partial charge in [0.15, 0.2) is 0 Å². The molecule has 0 spiro atoms. The number of aliphatic imine (C=N–C) groups is 1. The number of benzene rings is 1. The van der Waals surface area contributed by atoms with Crippen LogP contribution in [0.15, 0.2) is 229 Å². The molecule has 3 atom stereocenters. The van der Waals surface area contributed by atoms with Gasteiger partial charge in [0.05, 0.1) is 12.3 Å². The summed E-state index contributed by atoms with van der Waals surface area (Å²) in [6, 6.07) is 10.7. The largest absolute Gasteiger partial charge is 0.281 e. The van der Waals surface area contributed by atoms with Gasteiger partial charge in [-0.2, -0.15) is 0 Å². The molecule has 0 bridgehead atoms. The number of allylic oxidation sites excluding steroid dienone is 26. The van der Waals surface area contributed by atoms with Gasteiger partial charge < -0.3 is 0 Å². The first-order valence-corrected chi connectivity index (χ1v) is 20.2. The van der Waals surface area contributed by atoms with Crippen LogP contribution in [0, 0.1) is 17.8 Å². The average Bonchev–Trinajstić information content (AvgIpc) is 3.20. The van der Waals surface area contributed by atoms with Gasteiger partial charge in [-0.1, -0.05) is 203 Å². The van der Waals surface area contributed by atoms with E-state index in [1.54, 1.807) is 6.08 Å². The summed E-state index contributed by atoms with van der Waals surface area (Å²) >= 11 is 0. The van der Waals surface area contributed by atoms with Gasteiger partial charge in [0.2, 0.25) is 0 Å². The van der Waals surface area contributed by atoms with Gasteiger partial charge in [-0.3, -0.25) is 4.99 Å². The fourth-order valence-electron chi connectivity index (χ4n) is 6.11. The third-order valence-corrected chi connectivity index (χ3v) is 9.99. The lowest BCUT2D eigenvalue weighted by Crippen LogP contribution is -2.09. The molecule has 1 aromatic carbocycles. The number of hydrogen-bond acceptors (Lipinski definition) is 1. The van der Waals surface area contributed by atoms with E-state index in [1.165, 1.54) is 22.3 Å². The van der Waals surface area contributed by atoms with Crippen LogP contribution in [0.1, 0.15) is 85.1 Å². The molecular formula is C55H69N. The first-order chi connectivity index (χ1) is 27.0. The Hall–Kier alpha value is -5.27. The minimum Gasteiger partial charge on any atom is -0.281 e. The van der Waals surface area contributed by atoms with Crippen molar-refractivity contribution in [3.63, 3.8) is 0 Å². The zero-order valence-corrected chi connectivity index (χ0v) is 35.5. The van der Waals surface area contributed by atoms with Gasteiger partial charge in [0.25, 0.3) is 0 Å². The van der Waals surface area contributed by atoms with E-state index in [1.807, 2.05) is 19.1 Å². The second kappa shape index (κ2) is 27.3. The quantitative estimate of drug-likeness (QED) is 0.0568. The van der Waals surface area contributed by atoms with Gasteiger partial charge in [0.1, 0.15) is 0 Å². The van der Waals surface area contributed by atoms with E-state index in [0.717, 1.165) is 60.1 Å². The molecule has 1 heteroatoms. The van der Waals surface area contributed by atoms with Crippen molar-refractivity contribution < 1.29 is 0 Å². The maximum absolute atomic E-state index is 5.04. The minimum atomic E-state index is 0.245. The molecule has 3 unspecified atom stereocenters. The molecule has 2 rings (SSSR count). The predicted octanol–water partition coefficient (Wildman–Crippen LogP) is 15.8. The van der Waals surface area contributed by atoms with E-state index in [2.05, 4.69) is 201 Å². The molecule has 0 amide bonds. The van der Waals surface area contributed by atoms with E-state index in [-0.39, 0.29) is 11.8 Å². The Bertz CT molecular complexity index is 1830. The number of rotatable bonds is 24. The highest BCUT2D eigenvalue weighted by Crippen LogP contribution is 2.31. The molecular weight excluding hydrogens is 675 g/mol. The van der Waals surface area contributed by atoms with Crippen molar-refractivity contribution in [3.8, 4) is 0 Å². The first-order valence-electron chi connectivity index (χ1n) is 20.2. The lowest BCUT2D eigenvalue weighted by Gasteiger charge is -2.21. The molecule has 0 aliphatic heterocycles. The summed E-state index contributed by atoms with van der Waals surface area (Å²) in [4.78, 5) is 5.04. The van der Waals surface area contributed by atoms with Crippen molar-refractivity contribution in [2.45, 2.75) is 79.6 Å². The first kappa shape index (κ1) is 46.9. The second-order valence-corrected chi connectivity index (χ2v) is 14.9. The highest BCUT2D eigenvalue weighted by Gasteiger charge is 2.18. The predicted molar refractivity (Wildman–Crippen MR) is 253 cm³/mol. The summed E-state index contributed by atoms with van der Waals surface area (Å²) in [6.07, 6.45) is 47.1. The Morgan fingerprint density at radius 3 is 2.20 bits per heavy atom. The third-order valence-electron chi connectivity index (χ3n) is 9.99. The third kappa shape index (κ3) is 18.4. The van der Waals surface area contributed by atoms with Crippen LogP contribution in [0.4, 0.5) is 0 Å². The van der Waals surface area contributed by atoms with Crippen molar-refractivity contribution >= 4 is 5.71 Å². The molecule has 0 radical (unpaired) electrons. The van der Waals surface area contributed by atoms with E-state index >= 15 is 0 Å². The molecule has 1 nitrogen and oxygen atoms in total. The number of hydrogen-bond donors (Lipinski definition) is 0. The minimum absolute atomic E-state index is 0.245. The fraction of sp³-hybridized carbons (Fsp3) is 0.291. The molecule has 1 aromatic rings. The van der Waals surface area contributed by atoms with Gasteiger partial charge >= 0.3 is 0 Å².